The molecule has 7 nitrogen and oxygen atoms in total. The fraction of sp³-hybridized carbons (Fsp3) is 0.440. The number of carbonyl (C=O) groups excluding carboxylic acids is 2. The van der Waals surface area contributed by atoms with Crippen LogP contribution in [-0.2, 0) is 14.8 Å². The summed E-state index contributed by atoms with van der Waals surface area (Å²) in [6, 6.07) is 15.1. The van der Waals surface area contributed by atoms with Gasteiger partial charge in [-0.1, -0.05) is 38.1 Å². The molecule has 0 N–H and O–H groups in total. The Kier molecular flexibility index (Phi) is 8.13. The van der Waals surface area contributed by atoms with Crippen LogP contribution in [0.3, 0.4) is 0 Å². The Bertz CT molecular complexity index is 1060. The van der Waals surface area contributed by atoms with Crippen molar-refractivity contribution in [3.05, 3.63) is 60.2 Å². The average molecular weight is 472 g/mol. The Morgan fingerprint density at radius 3 is 2.18 bits per heavy atom. The lowest BCUT2D eigenvalue weighted by atomic mass is 10.1. The van der Waals surface area contributed by atoms with Gasteiger partial charge < -0.3 is 9.80 Å². The summed E-state index contributed by atoms with van der Waals surface area (Å²) in [6.45, 7) is 8.12. The highest BCUT2D eigenvalue weighted by molar-refractivity contribution is 7.92. The van der Waals surface area contributed by atoms with E-state index in [1.807, 2.05) is 11.0 Å². The summed E-state index contributed by atoms with van der Waals surface area (Å²) in [5.74, 6) is 0.388. The Hall–Kier alpha value is -2.87. The number of amides is 2. The van der Waals surface area contributed by atoms with Crippen molar-refractivity contribution in [1.82, 2.24) is 9.80 Å². The first kappa shape index (κ1) is 24.8. The van der Waals surface area contributed by atoms with Gasteiger partial charge in [0.25, 0.3) is 15.9 Å². The van der Waals surface area contributed by atoms with E-state index in [2.05, 4.69) is 13.8 Å². The van der Waals surface area contributed by atoms with Crippen LogP contribution < -0.4 is 4.31 Å². The van der Waals surface area contributed by atoms with Crippen LogP contribution in [0.2, 0.25) is 0 Å². The molecule has 3 rings (SSSR count). The minimum absolute atomic E-state index is 0.0848. The maximum atomic E-state index is 13.3. The largest absolute Gasteiger partial charge is 0.339 e. The van der Waals surface area contributed by atoms with Crippen molar-refractivity contribution >= 4 is 27.5 Å². The van der Waals surface area contributed by atoms with Crippen molar-refractivity contribution in [2.45, 2.75) is 38.5 Å². The second-order valence-electron chi connectivity index (χ2n) is 8.64. The van der Waals surface area contributed by atoms with Crippen LogP contribution in [0.15, 0.2) is 59.5 Å². The molecule has 0 saturated carbocycles. The van der Waals surface area contributed by atoms with Crippen molar-refractivity contribution in [1.29, 1.82) is 0 Å². The van der Waals surface area contributed by atoms with Crippen molar-refractivity contribution in [2.75, 3.05) is 37.0 Å². The van der Waals surface area contributed by atoms with Gasteiger partial charge in [0.15, 0.2) is 0 Å². The maximum Gasteiger partial charge on any atom is 0.264 e. The van der Waals surface area contributed by atoms with Crippen LogP contribution in [0.25, 0.3) is 0 Å². The van der Waals surface area contributed by atoms with Gasteiger partial charge in [0, 0.05) is 44.7 Å². The molecule has 1 fully saturated rings. The third kappa shape index (κ3) is 5.93. The molecule has 1 heterocycles. The number of carbonyl (C=O) groups is 2. The Balaban J connectivity index is 1.71. The zero-order valence-corrected chi connectivity index (χ0v) is 20.4. The van der Waals surface area contributed by atoms with E-state index in [-0.39, 0.29) is 23.3 Å². The first-order valence-corrected chi connectivity index (χ1v) is 12.9. The number of hydrogen-bond donors (Lipinski definition) is 0. The molecule has 2 amide bonds. The molecule has 2 aromatic rings. The SMILES string of the molecule is CCN(c1ccccc1)S(=O)(=O)c1cccc(C(=O)N2CCN(C(=O)CCC(C)C)CC2)c1. The van der Waals surface area contributed by atoms with Gasteiger partial charge in [-0.15, -0.1) is 0 Å². The molecule has 1 aliphatic heterocycles. The van der Waals surface area contributed by atoms with Crippen LogP contribution in [0.1, 0.15) is 44.0 Å². The number of hydrogen-bond acceptors (Lipinski definition) is 4. The van der Waals surface area contributed by atoms with Gasteiger partial charge in [-0.05, 0) is 49.6 Å². The maximum absolute atomic E-state index is 13.3. The Morgan fingerprint density at radius 1 is 0.939 bits per heavy atom. The smallest absolute Gasteiger partial charge is 0.264 e. The molecule has 0 spiro atoms. The molecule has 0 aliphatic carbocycles. The molecule has 1 saturated heterocycles. The summed E-state index contributed by atoms with van der Waals surface area (Å²) in [6.07, 6.45) is 1.39. The molecule has 0 atom stereocenters. The first-order valence-electron chi connectivity index (χ1n) is 11.5. The van der Waals surface area contributed by atoms with Gasteiger partial charge in [-0.25, -0.2) is 8.42 Å². The number of anilines is 1. The zero-order valence-electron chi connectivity index (χ0n) is 19.6. The summed E-state index contributed by atoms with van der Waals surface area (Å²) in [7, 11) is -3.81. The summed E-state index contributed by atoms with van der Waals surface area (Å²) in [5.41, 5.74) is 0.912. The van der Waals surface area contributed by atoms with Gasteiger partial charge in [0.05, 0.1) is 10.6 Å². The highest BCUT2D eigenvalue weighted by atomic mass is 32.2. The number of piperazine rings is 1. The van der Waals surface area contributed by atoms with E-state index in [4.69, 9.17) is 0 Å². The summed E-state index contributed by atoms with van der Waals surface area (Å²) >= 11 is 0. The van der Waals surface area contributed by atoms with Gasteiger partial charge >= 0.3 is 0 Å². The van der Waals surface area contributed by atoms with Crippen molar-refractivity contribution < 1.29 is 18.0 Å². The van der Waals surface area contributed by atoms with E-state index in [9.17, 15) is 18.0 Å². The van der Waals surface area contributed by atoms with Crippen molar-refractivity contribution in [3.63, 3.8) is 0 Å². The van der Waals surface area contributed by atoms with E-state index in [1.54, 1.807) is 48.2 Å². The molecule has 0 radical (unpaired) electrons. The molecule has 1 aliphatic rings. The molecule has 0 aromatic heterocycles. The minimum Gasteiger partial charge on any atom is -0.339 e. The highest BCUT2D eigenvalue weighted by Crippen LogP contribution is 2.24. The summed E-state index contributed by atoms with van der Waals surface area (Å²) in [5, 5.41) is 0. The summed E-state index contributed by atoms with van der Waals surface area (Å²) in [4.78, 5) is 29.0. The number of nitrogens with zero attached hydrogens (tertiary/aromatic N) is 3. The van der Waals surface area contributed by atoms with Gasteiger partial charge in [-0.2, -0.15) is 0 Å². The van der Waals surface area contributed by atoms with E-state index in [1.165, 1.54) is 16.4 Å². The predicted octanol–water partition coefficient (Wildman–Crippen LogP) is 3.62. The van der Waals surface area contributed by atoms with Crippen LogP contribution in [0, 0.1) is 5.92 Å². The monoisotopic (exact) mass is 471 g/mol. The lowest BCUT2D eigenvalue weighted by Gasteiger charge is -2.35. The number of para-hydroxylation sites is 1. The molecule has 0 unspecified atom stereocenters. The number of rotatable bonds is 8. The Labute approximate surface area is 197 Å². The topological polar surface area (TPSA) is 78.0 Å². The molecule has 33 heavy (non-hydrogen) atoms. The lowest BCUT2D eigenvalue weighted by molar-refractivity contribution is -0.132. The average Bonchev–Trinajstić information content (AvgIpc) is 2.83. The predicted molar refractivity (Wildman–Crippen MR) is 130 cm³/mol. The highest BCUT2D eigenvalue weighted by Gasteiger charge is 2.27. The van der Waals surface area contributed by atoms with E-state index < -0.39 is 10.0 Å². The molecular weight excluding hydrogens is 438 g/mol. The molecule has 8 heteroatoms. The third-order valence-electron chi connectivity index (χ3n) is 5.86. The van der Waals surface area contributed by atoms with Gasteiger partial charge in [-0.3, -0.25) is 13.9 Å². The quantitative estimate of drug-likeness (QED) is 0.589. The second kappa shape index (κ2) is 10.8. The zero-order chi connectivity index (χ0) is 24.0. The molecular formula is C25H33N3O4S. The van der Waals surface area contributed by atoms with Crippen LogP contribution in [-0.4, -0.2) is 62.8 Å². The van der Waals surface area contributed by atoms with Crippen LogP contribution >= 0.6 is 0 Å². The fourth-order valence-corrected chi connectivity index (χ4v) is 5.43. The van der Waals surface area contributed by atoms with Crippen LogP contribution in [0.4, 0.5) is 5.69 Å². The van der Waals surface area contributed by atoms with Crippen molar-refractivity contribution in [3.8, 4) is 0 Å². The van der Waals surface area contributed by atoms with Gasteiger partial charge in [0.1, 0.15) is 0 Å². The van der Waals surface area contributed by atoms with E-state index in [0.29, 0.717) is 49.8 Å². The van der Waals surface area contributed by atoms with Crippen LogP contribution in [0.5, 0.6) is 0 Å². The molecule has 178 valence electrons. The number of benzene rings is 2. The molecule has 2 aromatic carbocycles. The molecule has 0 bridgehead atoms. The minimum atomic E-state index is -3.81. The number of sulfonamides is 1. The lowest BCUT2D eigenvalue weighted by Crippen LogP contribution is -2.50. The van der Waals surface area contributed by atoms with Crippen molar-refractivity contribution in [2.24, 2.45) is 5.92 Å². The summed E-state index contributed by atoms with van der Waals surface area (Å²) < 4.78 is 27.9. The normalized spacial score (nSPS) is 14.4. The fourth-order valence-electron chi connectivity index (χ4n) is 3.91. The van der Waals surface area contributed by atoms with Gasteiger partial charge in [0.2, 0.25) is 5.91 Å². The standard InChI is InChI=1S/C25H33N3O4S/c1-4-28(22-10-6-5-7-11-22)33(31,32)23-12-8-9-21(19-23)25(30)27-17-15-26(16-18-27)24(29)14-13-20(2)3/h5-12,19-20H,4,13-18H2,1-3H3. The van der Waals surface area contributed by atoms with E-state index >= 15 is 0 Å². The Morgan fingerprint density at radius 2 is 1.58 bits per heavy atom. The third-order valence-corrected chi connectivity index (χ3v) is 7.75. The van der Waals surface area contributed by atoms with E-state index in [0.717, 1.165) is 6.42 Å². The first-order chi connectivity index (χ1) is 15.7. The second-order valence-corrected chi connectivity index (χ2v) is 10.5.